The average molecular weight is 284 g/mol. The average Bonchev–Trinajstić information content (AvgIpc) is 2.54. The number of methoxy groups -OCH3 is 1. The molecule has 1 heterocycles. The van der Waals surface area contributed by atoms with Crippen LogP contribution in [0.1, 0.15) is 24.4 Å². The fourth-order valence-corrected chi connectivity index (χ4v) is 3.19. The SMILES string of the molecule is COC1CCCN(CC(N)c2ccc3ccccc3c2)C1. The molecule has 0 aliphatic carbocycles. The molecule has 0 bridgehead atoms. The Hall–Kier alpha value is -1.42. The summed E-state index contributed by atoms with van der Waals surface area (Å²) >= 11 is 0. The molecule has 2 N–H and O–H groups in total. The van der Waals surface area contributed by atoms with Crippen molar-refractivity contribution in [2.75, 3.05) is 26.7 Å². The summed E-state index contributed by atoms with van der Waals surface area (Å²) in [6.07, 6.45) is 2.73. The van der Waals surface area contributed by atoms with E-state index >= 15 is 0 Å². The van der Waals surface area contributed by atoms with Gasteiger partial charge in [-0.1, -0.05) is 36.4 Å². The summed E-state index contributed by atoms with van der Waals surface area (Å²) in [7, 11) is 1.80. The van der Waals surface area contributed by atoms with Gasteiger partial charge < -0.3 is 10.5 Å². The first-order chi connectivity index (χ1) is 10.3. The third-order valence-electron chi connectivity index (χ3n) is 4.45. The van der Waals surface area contributed by atoms with Gasteiger partial charge in [-0.05, 0) is 41.8 Å². The lowest BCUT2D eigenvalue weighted by atomic mass is 10.0. The zero-order valence-corrected chi connectivity index (χ0v) is 12.7. The van der Waals surface area contributed by atoms with Crippen molar-refractivity contribution in [3.63, 3.8) is 0 Å². The van der Waals surface area contributed by atoms with E-state index in [1.54, 1.807) is 7.11 Å². The van der Waals surface area contributed by atoms with Crippen molar-refractivity contribution in [2.45, 2.75) is 25.0 Å². The van der Waals surface area contributed by atoms with Crippen LogP contribution in [0, 0.1) is 0 Å². The molecule has 3 nitrogen and oxygen atoms in total. The van der Waals surface area contributed by atoms with Crippen molar-refractivity contribution in [1.82, 2.24) is 4.90 Å². The fraction of sp³-hybridized carbons (Fsp3) is 0.444. The number of benzene rings is 2. The minimum atomic E-state index is 0.0604. The minimum absolute atomic E-state index is 0.0604. The van der Waals surface area contributed by atoms with Gasteiger partial charge in [0.1, 0.15) is 0 Å². The summed E-state index contributed by atoms with van der Waals surface area (Å²) in [6.45, 7) is 3.02. The Balaban J connectivity index is 1.70. The number of hydrogen-bond donors (Lipinski definition) is 1. The Kier molecular flexibility index (Phi) is 4.54. The molecule has 2 aromatic rings. The summed E-state index contributed by atoms with van der Waals surface area (Å²) in [5.74, 6) is 0. The number of nitrogens with zero attached hydrogens (tertiary/aromatic N) is 1. The third-order valence-corrected chi connectivity index (χ3v) is 4.45. The zero-order valence-electron chi connectivity index (χ0n) is 12.7. The Morgan fingerprint density at radius 1 is 1.24 bits per heavy atom. The van der Waals surface area contributed by atoms with Gasteiger partial charge in [0.15, 0.2) is 0 Å². The van der Waals surface area contributed by atoms with E-state index in [4.69, 9.17) is 10.5 Å². The number of piperidine rings is 1. The van der Waals surface area contributed by atoms with Crippen molar-refractivity contribution in [2.24, 2.45) is 5.73 Å². The molecule has 2 atom stereocenters. The second-order valence-electron chi connectivity index (χ2n) is 5.97. The third kappa shape index (κ3) is 3.43. The number of hydrogen-bond acceptors (Lipinski definition) is 3. The van der Waals surface area contributed by atoms with E-state index in [2.05, 4.69) is 47.4 Å². The molecule has 2 unspecified atom stereocenters. The highest BCUT2D eigenvalue weighted by atomic mass is 16.5. The van der Waals surface area contributed by atoms with E-state index in [-0.39, 0.29) is 6.04 Å². The van der Waals surface area contributed by atoms with Gasteiger partial charge >= 0.3 is 0 Å². The van der Waals surface area contributed by atoms with Crippen LogP contribution in [0.25, 0.3) is 10.8 Å². The summed E-state index contributed by atoms with van der Waals surface area (Å²) in [5.41, 5.74) is 7.64. The number of rotatable bonds is 4. The monoisotopic (exact) mass is 284 g/mol. The molecule has 0 amide bonds. The molecular weight excluding hydrogens is 260 g/mol. The maximum atomic E-state index is 6.42. The van der Waals surface area contributed by atoms with Gasteiger partial charge in [-0.3, -0.25) is 4.90 Å². The van der Waals surface area contributed by atoms with E-state index in [0.717, 1.165) is 26.1 Å². The van der Waals surface area contributed by atoms with Crippen LogP contribution in [0.4, 0.5) is 0 Å². The van der Waals surface area contributed by atoms with E-state index in [0.29, 0.717) is 6.10 Å². The van der Waals surface area contributed by atoms with Gasteiger partial charge in [0.05, 0.1) is 6.10 Å². The van der Waals surface area contributed by atoms with Gasteiger partial charge in [0.2, 0.25) is 0 Å². The molecular formula is C18H24N2O. The van der Waals surface area contributed by atoms with Crippen LogP contribution in [0.15, 0.2) is 42.5 Å². The van der Waals surface area contributed by atoms with E-state index < -0.39 is 0 Å². The van der Waals surface area contributed by atoms with Crippen LogP contribution >= 0.6 is 0 Å². The maximum Gasteiger partial charge on any atom is 0.0698 e. The van der Waals surface area contributed by atoms with Gasteiger partial charge in [0, 0.05) is 26.2 Å². The molecule has 21 heavy (non-hydrogen) atoms. The van der Waals surface area contributed by atoms with Gasteiger partial charge in [0.25, 0.3) is 0 Å². The first-order valence-corrected chi connectivity index (χ1v) is 7.75. The van der Waals surface area contributed by atoms with E-state index in [9.17, 15) is 0 Å². The smallest absolute Gasteiger partial charge is 0.0698 e. The molecule has 0 aromatic heterocycles. The van der Waals surface area contributed by atoms with E-state index in [1.165, 1.54) is 22.8 Å². The first-order valence-electron chi connectivity index (χ1n) is 7.75. The zero-order chi connectivity index (χ0) is 14.7. The van der Waals surface area contributed by atoms with Gasteiger partial charge in [-0.2, -0.15) is 0 Å². The molecule has 1 fully saturated rings. The van der Waals surface area contributed by atoms with E-state index in [1.807, 2.05) is 0 Å². The van der Waals surface area contributed by atoms with Crippen LogP contribution in [0.2, 0.25) is 0 Å². The lowest BCUT2D eigenvalue weighted by Crippen LogP contribution is -2.42. The molecule has 2 aromatic carbocycles. The highest BCUT2D eigenvalue weighted by Crippen LogP contribution is 2.21. The molecule has 0 radical (unpaired) electrons. The predicted octanol–water partition coefficient (Wildman–Crippen LogP) is 2.95. The molecule has 3 heteroatoms. The van der Waals surface area contributed by atoms with Gasteiger partial charge in [-0.15, -0.1) is 0 Å². The number of fused-ring (bicyclic) bond motifs is 1. The summed E-state index contributed by atoms with van der Waals surface area (Å²) < 4.78 is 5.48. The second-order valence-corrected chi connectivity index (χ2v) is 5.97. The Bertz CT molecular complexity index is 599. The molecule has 0 saturated carbocycles. The maximum absolute atomic E-state index is 6.42. The molecule has 112 valence electrons. The van der Waals surface area contributed by atoms with Crippen LogP contribution in [-0.4, -0.2) is 37.7 Å². The highest BCUT2D eigenvalue weighted by Gasteiger charge is 2.21. The quantitative estimate of drug-likeness (QED) is 0.938. The van der Waals surface area contributed by atoms with Crippen molar-refractivity contribution < 1.29 is 4.74 Å². The summed E-state index contributed by atoms with van der Waals surface area (Å²) in [4.78, 5) is 2.43. The van der Waals surface area contributed by atoms with Crippen LogP contribution in [0.5, 0.6) is 0 Å². The minimum Gasteiger partial charge on any atom is -0.380 e. The summed E-state index contributed by atoms with van der Waals surface area (Å²) in [5, 5.41) is 2.53. The Morgan fingerprint density at radius 3 is 2.86 bits per heavy atom. The van der Waals surface area contributed by atoms with Crippen molar-refractivity contribution in [3.8, 4) is 0 Å². The number of nitrogens with two attached hydrogens (primary N) is 1. The van der Waals surface area contributed by atoms with Crippen LogP contribution in [-0.2, 0) is 4.74 Å². The lowest BCUT2D eigenvalue weighted by Gasteiger charge is -2.33. The summed E-state index contributed by atoms with van der Waals surface area (Å²) in [6, 6.07) is 15.0. The fourth-order valence-electron chi connectivity index (χ4n) is 3.19. The van der Waals surface area contributed by atoms with Crippen molar-refractivity contribution in [3.05, 3.63) is 48.0 Å². The molecule has 0 spiro atoms. The molecule has 1 aliphatic heterocycles. The van der Waals surface area contributed by atoms with Crippen molar-refractivity contribution in [1.29, 1.82) is 0 Å². The topological polar surface area (TPSA) is 38.5 Å². The number of ether oxygens (including phenoxy) is 1. The molecule has 3 rings (SSSR count). The highest BCUT2D eigenvalue weighted by molar-refractivity contribution is 5.83. The standard InChI is InChI=1S/C18H24N2O/c1-21-17-7-4-10-20(12-17)13-18(19)16-9-8-14-5-2-3-6-15(14)11-16/h2-3,5-6,8-9,11,17-18H,4,7,10,12-13,19H2,1H3. The largest absolute Gasteiger partial charge is 0.380 e. The second kappa shape index (κ2) is 6.56. The van der Waals surface area contributed by atoms with Crippen molar-refractivity contribution >= 4 is 10.8 Å². The van der Waals surface area contributed by atoms with Crippen LogP contribution in [0.3, 0.4) is 0 Å². The first kappa shape index (κ1) is 14.5. The Morgan fingerprint density at radius 2 is 2.05 bits per heavy atom. The Labute approximate surface area is 126 Å². The lowest BCUT2D eigenvalue weighted by molar-refractivity contribution is 0.0294. The normalized spacial score (nSPS) is 21.5. The molecule has 1 aliphatic rings. The predicted molar refractivity (Wildman–Crippen MR) is 87.3 cm³/mol. The number of likely N-dealkylation sites (tertiary alicyclic amines) is 1. The van der Waals surface area contributed by atoms with Crippen LogP contribution < -0.4 is 5.73 Å². The van der Waals surface area contributed by atoms with Gasteiger partial charge in [-0.25, -0.2) is 0 Å². The molecule has 1 saturated heterocycles.